The molecule has 1 aromatic heterocycles. The summed E-state index contributed by atoms with van der Waals surface area (Å²) >= 11 is 8.22. The van der Waals surface area contributed by atoms with E-state index in [4.69, 9.17) is 21.3 Å². The van der Waals surface area contributed by atoms with Crippen LogP contribution in [0.25, 0.3) is 11.0 Å². The van der Waals surface area contributed by atoms with Crippen molar-refractivity contribution in [3.8, 4) is 0 Å². The lowest BCUT2D eigenvalue weighted by molar-refractivity contribution is 0.0972. The van der Waals surface area contributed by atoms with Crippen LogP contribution in [-0.2, 0) is 17.7 Å². The molecule has 0 N–H and O–H groups in total. The fraction of sp³-hybridized carbons (Fsp3) is 0.500. The van der Waals surface area contributed by atoms with Gasteiger partial charge < -0.3 is 9.30 Å². The van der Waals surface area contributed by atoms with Gasteiger partial charge in [0.2, 0.25) is 0 Å². The van der Waals surface area contributed by atoms with Crippen LogP contribution in [-0.4, -0.2) is 28.1 Å². The van der Waals surface area contributed by atoms with E-state index in [1.807, 2.05) is 0 Å². The average molecular weight is 391 g/mol. The number of fused-ring (bicyclic) bond motifs is 1. The summed E-state index contributed by atoms with van der Waals surface area (Å²) in [6.45, 7) is 1.78. The highest BCUT2D eigenvalue weighted by Crippen LogP contribution is 2.23. The number of hydrogen-bond donors (Lipinski definition) is 0. The lowest BCUT2D eigenvalue weighted by Gasteiger charge is -2.13. The molecule has 0 amide bonds. The van der Waals surface area contributed by atoms with Gasteiger partial charge in [-0.05, 0) is 53.6 Å². The Morgan fingerprint density at radius 1 is 1.47 bits per heavy atom. The highest BCUT2D eigenvalue weighted by molar-refractivity contribution is 14.1. The van der Waals surface area contributed by atoms with Crippen LogP contribution in [0.3, 0.4) is 0 Å². The predicted molar refractivity (Wildman–Crippen MR) is 85.8 cm³/mol. The molecule has 1 atom stereocenters. The first-order valence-corrected chi connectivity index (χ1v) is 8.21. The van der Waals surface area contributed by atoms with Gasteiger partial charge in [0.15, 0.2) is 0 Å². The van der Waals surface area contributed by atoms with Crippen molar-refractivity contribution in [2.24, 2.45) is 0 Å². The molecule has 19 heavy (non-hydrogen) atoms. The maximum absolute atomic E-state index is 5.90. The second kappa shape index (κ2) is 5.97. The second-order valence-corrected chi connectivity index (χ2v) is 6.47. The van der Waals surface area contributed by atoms with E-state index < -0.39 is 0 Å². The molecule has 102 valence electrons. The zero-order valence-electron chi connectivity index (χ0n) is 10.6. The largest absolute Gasteiger partial charge is 0.376 e. The summed E-state index contributed by atoms with van der Waals surface area (Å²) < 4.78 is 9.24. The number of halogens is 2. The van der Waals surface area contributed by atoms with Gasteiger partial charge in [-0.3, -0.25) is 0 Å². The van der Waals surface area contributed by atoms with Crippen LogP contribution in [0.15, 0.2) is 18.2 Å². The number of benzene rings is 1. The topological polar surface area (TPSA) is 27.1 Å². The van der Waals surface area contributed by atoms with Gasteiger partial charge in [-0.15, -0.1) is 11.6 Å². The quantitative estimate of drug-likeness (QED) is 0.589. The summed E-state index contributed by atoms with van der Waals surface area (Å²) in [5, 5.41) is 0. The Bertz CT molecular complexity index is 578. The molecule has 1 unspecified atom stereocenters. The van der Waals surface area contributed by atoms with Crippen LogP contribution in [0.4, 0.5) is 0 Å². The van der Waals surface area contributed by atoms with E-state index >= 15 is 0 Å². The number of rotatable bonds is 4. The summed E-state index contributed by atoms with van der Waals surface area (Å²) in [5.74, 6) is 1.67. The van der Waals surface area contributed by atoms with Crippen molar-refractivity contribution in [1.82, 2.24) is 9.55 Å². The molecule has 3 rings (SSSR count). The molecule has 1 saturated heterocycles. The normalized spacial score (nSPS) is 19.4. The molecule has 0 saturated carbocycles. The molecule has 0 bridgehead atoms. The van der Waals surface area contributed by atoms with Crippen molar-refractivity contribution in [3.05, 3.63) is 27.6 Å². The minimum absolute atomic E-state index is 0.325. The van der Waals surface area contributed by atoms with Gasteiger partial charge in [-0.2, -0.15) is 0 Å². The van der Waals surface area contributed by atoms with Gasteiger partial charge in [-0.1, -0.05) is 0 Å². The summed E-state index contributed by atoms with van der Waals surface area (Å²) in [4.78, 5) is 4.72. The summed E-state index contributed by atoms with van der Waals surface area (Å²) in [7, 11) is 0. The maximum Gasteiger partial charge on any atom is 0.111 e. The first-order chi connectivity index (χ1) is 9.28. The first-order valence-electron chi connectivity index (χ1n) is 6.60. The third kappa shape index (κ3) is 2.90. The van der Waals surface area contributed by atoms with Crippen molar-refractivity contribution in [2.75, 3.05) is 12.5 Å². The van der Waals surface area contributed by atoms with Gasteiger partial charge in [0, 0.05) is 22.5 Å². The molecular formula is C14H16ClIN2O. The van der Waals surface area contributed by atoms with Crippen LogP contribution >= 0.6 is 34.2 Å². The minimum Gasteiger partial charge on any atom is -0.376 e. The Morgan fingerprint density at radius 2 is 2.37 bits per heavy atom. The number of hydrogen-bond acceptors (Lipinski definition) is 2. The standard InChI is InChI=1S/C14H16ClIN2O/c15-6-5-14-17-12-8-10(16)3-4-13(12)18(14)9-11-2-1-7-19-11/h3-4,8,11H,1-2,5-7,9H2. The van der Waals surface area contributed by atoms with Gasteiger partial charge in [0.25, 0.3) is 0 Å². The minimum atomic E-state index is 0.325. The van der Waals surface area contributed by atoms with E-state index in [-0.39, 0.29) is 0 Å². The van der Waals surface area contributed by atoms with Crippen molar-refractivity contribution in [2.45, 2.75) is 31.9 Å². The first kappa shape index (κ1) is 13.6. The fourth-order valence-corrected chi connectivity index (χ4v) is 3.27. The molecule has 1 fully saturated rings. The van der Waals surface area contributed by atoms with Crippen LogP contribution in [0.5, 0.6) is 0 Å². The average Bonchev–Trinajstić information content (AvgIpc) is 2.99. The van der Waals surface area contributed by atoms with E-state index in [0.717, 1.165) is 37.3 Å². The van der Waals surface area contributed by atoms with Gasteiger partial charge in [0.05, 0.1) is 23.7 Å². The van der Waals surface area contributed by atoms with Crippen LogP contribution in [0, 0.1) is 3.57 Å². The van der Waals surface area contributed by atoms with Gasteiger partial charge in [0.1, 0.15) is 5.82 Å². The van der Waals surface area contributed by atoms with Gasteiger partial charge in [-0.25, -0.2) is 4.98 Å². The third-order valence-corrected chi connectivity index (χ3v) is 4.38. The molecule has 3 nitrogen and oxygen atoms in total. The van der Waals surface area contributed by atoms with E-state index in [2.05, 4.69) is 45.4 Å². The maximum atomic E-state index is 5.90. The molecule has 0 aliphatic carbocycles. The Labute approximate surface area is 131 Å². The molecular weight excluding hydrogens is 375 g/mol. The highest BCUT2D eigenvalue weighted by atomic mass is 127. The Kier molecular flexibility index (Phi) is 4.29. The van der Waals surface area contributed by atoms with Crippen LogP contribution < -0.4 is 0 Å². The molecule has 2 heterocycles. The Morgan fingerprint density at radius 3 is 3.11 bits per heavy atom. The van der Waals surface area contributed by atoms with Crippen LogP contribution in [0.2, 0.25) is 0 Å². The number of aromatic nitrogens is 2. The van der Waals surface area contributed by atoms with Crippen molar-refractivity contribution in [1.29, 1.82) is 0 Å². The molecule has 5 heteroatoms. The number of imidazole rings is 1. The fourth-order valence-electron chi connectivity index (χ4n) is 2.62. The molecule has 1 aliphatic rings. The van der Waals surface area contributed by atoms with Crippen molar-refractivity contribution >= 4 is 45.2 Å². The number of alkyl halides is 1. The second-order valence-electron chi connectivity index (χ2n) is 4.85. The Balaban J connectivity index is 2.00. The summed E-state index contributed by atoms with van der Waals surface area (Å²) in [6.07, 6.45) is 3.44. The zero-order valence-corrected chi connectivity index (χ0v) is 13.5. The molecule has 0 spiro atoms. The smallest absolute Gasteiger partial charge is 0.111 e. The van der Waals surface area contributed by atoms with E-state index in [0.29, 0.717) is 12.0 Å². The molecule has 0 radical (unpaired) electrons. The summed E-state index contributed by atoms with van der Waals surface area (Å²) in [5.41, 5.74) is 2.25. The SMILES string of the molecule is ClCCc1nc2cc(I)ccc2n1CC1CCCO1. The van der Waals surface area contributed by atoms with Crippen LogP contribution in [0.1, 0.15) is 18.7 Å². The Hall–Kier alpha value is -0.330. The number of nitrogens with zero attached hydrogens (tertiary/aromatic N) is 2. The van der Waals surface area contributed by atoms with Crippen molar-refractivity contribution < 1.29 is 4.74 Å². The molecule has 1 aliphatic heterocycles. The monoisotopic (exact) mass is 390 g/mol. The third-order valence-electron chi connectivity index (χ3n) is 3.52. The zero-order chi connectivity index (χ0) is 13.2. The lowest BCUT2D eigenvalue weighted by atomic mass is 10.2. The predicted octanol–water partition coefficient (Wildman–Crippen LogP) is 3.60. The molecule has 2 aromatic rings. The van der Waals surface area contributed by atoms with Gasteiger partial charge >= 0.3 is 0 Å². The highest BCUT2D eigenvalue weighted by Gasteiger charge is 2.19. The van der Waals surface area contributed by atoms with Crippen molar-refractivity contribution in [3.63, 3.8) is 0 Å². The number of aryl methyl sites for hydroxylation is 1. The molecule has 1 aromatic carbocycles. The summed E-state index contributed by atoms with van der Waals surface area (Å²) in [6, 6.07) is 6.40. The van der Waals surface area contributed by atoms with E-state index in [1.54, 1.807) is 0 Å². The van der Waals surface area contributed by atoms with E-state index in [9.17, 15) is 0 Å². The van der Waals surface area contributed by atoms with E-state index in [1.165, 1.54) is 15.5 Å². The lowest BCUT2D eigenvalue weighted by Crippen LogP contribution is -2.17. The number of ether oxygens (including phenoxy) is 1.